The normalized spacial score (nSPS) is 9.86. The Morgan fingerprint density at radius 1 is 1.10 bits per heavy atom. The third-order valence-electron chi connectivity index (χ3n) is 2.45. The average Bonchev–Trinajstić information content (AvgIpc) is 2.45. The zero-order valence-electron chi connectivity index (χ0n) is 12.2. The van der Waals surface area contributed by atoms with Crippen LogP contribution in [0, 0.1) is 0 Å². The van der Waals surface area contributed by atoms with Crippen LogP contribution in [0.15, 0.2) is 24.3 Å². The maximum Gasteiger partial charge on any atom is 0.332 e. The monoisotopic (exact) mass is 294 g/mol. The van der Waals surface area contributed by atoms with Crippen molar-refractivity contribution in [2.24, 2.45) is 0 Å². The number of carbonyl (C=O) groups excluding carboxylic acids is 3. The number of anilines is 1. The first-order valence-electron chi connectivity index (χ1n) is 6.20. The van der Waals surface area contributed by atoms with Gasteiger partial charge in [-0.3, -0.25) is 9.59 Å². The SMILES string of the molecule is COCC(=O)OCC(=O)Nc1ccc(C(=O)N(C)C)cc1. The molecule has 2 amide bonds. The molecule has 7 nitrogen and oxygen atoms in total. The molecule has 0 bridgehead atoms. The van der Waals surface area contributed by atoms with Crippen LogP contribution in [0.5, 0.6) is 0 Å². The minimum Gasteiger partial charge on any atom is -0.454 e. The van der Waals surface area contributed by atoms with Gasteiger partial charge in [-0.15, -0.1) is 0 Å². The molecule has 21 heavy (non-hydrogen) atoms. The lowest BCUT2D eigenvalue weighted by molar-refractivity contribution is -0.150. The second-order valence-electron chi connectivity index (χ2n) is 4.42. The summed E-state index contributed by atoms with van der Waals surface area (Å²) < 4.78 is 9.24. The minimum atomic E-state index is -0.612. The lowest BCUT2D eigenvalue weighted by atomic mass is 10.2. The van der Waals surface area contributed by atoms with E-state index in [-0.39, 0.29) is 19.1 Å². The fraction of sp³-hybridized carbons (Fsp3) is 0.357. The van der Waals surface area contributed by atoms with Gasteiger partial charge in [0.25, 0.3) is 11.8 Å². The van der Waals surface area contributed by atoms with Gasteiger partial charge in [0.15, 0.2) is 6.61 Å². The minimum absolute atomic E-state index is 0.124. The van der Waals surface area contributed by atoms with Gasteiger partial charge in [0.05, 0.1) is 0 Å². The van der Waals surface area contributed by atoms with Crippen LogP contribution in [0.4, 0.5) is 5.69 Å². The number of esters is 1. The summed E-state index contributed by atoms with van der Waals surface area (Å²) >= 11 is 0. The summed E-state index contributed by atoms with van der Waals surface area (Å²) in [6.45, 7) is -0.588. The van der Waals surface area contributed by atoms with Crippen LogP contribution < -0.4 is 5.32 Å². The molecule has 0 atom stereocenters. The van der Waals surface area contributed by atoms with E-state index >= 15 is 0 Å². The van der Waals surface area contributed by atoms with E-state index in [4.69, 9.17) is 0 Å². The Kier molecular flexibility index (Phi) is 6.35. The molecule has 0 fully saturated rings. The third kappa shape index (κ3) is 5.62. The number of amides is 2. The van der Waals surface area contributed by atoms with Crippen LogP contribution in [0.3, 0.4) is 0 Å². The number of nitrogens with zero attached hydrogens (tertiary/aromatic N) is 1. The van der Waals surface area contributed by atoms with Gasteiger partial charge in [-0.25, -0.2) is 4.79 Å². The lowest BCUT2D eigenvalue weighted by Gasteiger charge is -2.11. The summed E-state index contributed by atoms with van der Waals surface area (Å²) in [5.41, 5.74) is 1.03. The van der Waals surface area contributed by atoms with E-state index in [9.17, 15) is 14.4 Å². The van der Waals surface area contributed by atoms with Gasteiger partial charge in [0.2, 0.25) is 0 Å². The number of hydrogen-bond acceptors (Lipinski definition) is 5. The van der Waals surface area contributed by atoms with Crippen molar-refractivity contribution in [3.05, 3.63) is 29.8 Å². The van der Waals surface area contributed by atoms with Crippen LogP contribution in [0.25, 0.3) is 0 Å². The van der Waals surface area contributed by atoms with Crippen molar-refractivity contribution in [2.45, 2.75) is 0 Å². The van der Waals surface area contributed by atoms with E-state index in [1.54, 1.807) is 38.4 Å². The molecule has 0 saturated heterocycles. The molecule has 114 valence electrons. The summed E-state index contributed by atoms with van der Waals surface area (Å²) in [7, 11) is 4.68. The summed E-state index contributed by atoms with van der Waals surface area (Å²) in [6.07, 6.45) is 0. The molecular weight excluding hydrogens is 276 g/mol. The van der Waals surface area contributed by atoms with Crippen molar-refractivity contribution < 1.29 is 23.9 Å². The molecule has 1 rings (SSSR count). The van der Waals surface area contributed by atoms with E-state index < -0.39 is 11.9 Å². The number of hydrogen-bond donors (Lipinski definition) is 1. The molecule has 0 aliphatic rings. The number of rotatable bonds is 6. The molecule has 0 unspecified atom stereocenters. The van der Waals surface area contributed by atoms with Gasteiger partial charge in [-0.1, -0.05) is 0 Å². The Morgan fingerprint density at radius 2 is 1.71 bits per heavy atom. The topological polar surface area (TPSA) is 84.9 Å². The average molecular weight is 294 g/mol. The van der Waals surface area contributed by atoms with E-state index in [2.05, 4.69) is 14.8 Å². The van der Waals surface area contributed by atoms with Crippen LogP contribution in [0.2, 0.25) is 0 Å². The number of benzene rings is 1. The maximum absolute atomic E-state index is 11.7. The highest BCUT2D eigenvalue weighted by molar-refractivity contribution is 5.96. The second-order valence-corrected chi connectivity index (χ2v) is 4.42. The first-order valence-corrected chi connectivity index (χ1v) is 6.20. The Hall–Kier alpha value is -2.41. The van der Waals surface area contributed by atoms with Gasteiger partial charge >= 0.3 is 5.97 Å². The zero-order chi connectivity index (χ0) is 15.8. The highest BCUT2D eigenvalue weighted by Crippen LogP contribution is 2.10. The number of methoxy groups -OCH3 is 1. The highest BCUT2D eigenvalue weighted by atomic mass is 16.6. The standard InChI is InChI=1S/C14H18N2O5/c1-16(2)14(19)10-4-6-11(7-5-10)15-12(17)8-21-13(18)9-20-3/h4-7H,8-9H2,1-3H3,(H,15,17). The van der Waals surface area contributed by atoms with E-state index in [1.165, 1.54) is 12.0 Å². The Balaban J connectivity index is 2.50. The molecule has 0 heterocycles. The van der Waals surface area contributed by atoms with Gasteiger partial charge in [0, 0.05) is 32.5 Å². The Bertz CT molecular complexity index is 511. The third-order valence-corrected chi connectivity index (χ3v) is 2.45. The quantitative estimate of drug-likeness (QED) is 0.773. The number of carbonyl (C=O) groups is 3. The molecule has 0 aliphatic carbocycles. The van der Waals surface area contributed by atoms with Crippen molar-refractivity contribution in [2.75, 3.05) is 39.7 Å². The van der Waals surface area contributed by atoms with Crippen molar-refractivity contribution in [3.63, 3.8) is 0 Å². The zero-order valence-corrected chi connectivity index (χ0v) is 12.2. The summed E-state index contributed by atoms with van der Waals surface area (Å²) in [6, 6.07) is 6.42. The molecule has 0 spiro atoms. The van der Waals surface area contributed by atoms with Gasteiger partial charge in [0.1, 0.15) is 6.61 Å². The number of nitrogens with one attached hydrogen (secondary N) is 1. The predicted octanol–water partition coefficient (Wildman–Crippen LogP) is 0.516. The first-order chi connectivity index (χ1) is 9.93. The van der Waals surface area contributed by atoms with Crippen LogP contribution in [-0.4, -0.2) is 57.1 Å². The largest absolute Gasteiger partial charge is 0.454 e. The molecular formula is C14H18N2O5. The van der Waals surface area contributed by atoms with Gasteiger partial charge < -0.3 is 19.7 Å². The Labute approximate surface area is 122 Å². The maximum atomic E-state index is 11.7. The summed E-state index contributed by atoms with van der Waals surface area (Å²) in [5.74, 6) is -1.20. The molecule has 7 heteroatoms. The van der Waals surface area contributed by atoms with E-state index in [0.29, 0.717) is 11.3 Å². The fourth-order valence-electron chi connectivity index (χ4n) is 1.46. The van der Waals surface area contributed by atoms with Crippen LogP contribution in [-0.2, 0) is 19.1 Å². The van der Waals surface area contributed by atoms with Crippen molar-refractivity contribution >= 4 is 23.5 Å². The molecule has 0 radical (unpaired) electrons. The Morgan fingerprint density at radius 3 is 2.24 bits per heavy atom. The van der Waals surface area contributed by atoms with Crippen molar-refractivity contribution in [1.29, 1.82) is 0 Å². The van der Waals surface area contributed by atoms with E-state index in [0.717, 1.165) is 0 Å². The first kappa shape index (κ1) is 16.6. The van der Waals surface area contributed by atoms with Gasteiger partial charge in [-0.2, -0.15) is 0 Å². The van der Waals surface area contributed by atoms with Crippen molar-refractivity contribution in [3.8, 4) is 0 Å². The second kappa shape index (κ2) is 8.01. The van der Waals surface area contributed by atoms with E-state index in [1.807, 2.05) is 0 Å². The molecule has 0 aromatic heterocycles. The van der Waals surface area contributed by atoms with Crippen LogP contribution in [0.1, 0.15) is 10.4 Å². The summed E-state index contributed by atoms with van der Waals surface area (Å²) in [5, 5.41) is 2.55. The fourth-order valence-corrected chi connectivity index (χ4v) is 1.46. The van der Waals surface area contributed by atoms with Crippen LogP contribution >= 0.6 is 0 Å². The lowest BCUT2D eigenvalue weighted by Crippen LogP contribution is -2.23. The smallest absolute Gasteiger partial charge is 0.332 e. The summed E-state index contributed by atoms with van der Waals surface area (Å²) in [4.78, 5) is 35.7. The predicted molar refractivity (Wildman–Crippen MR) is 75.9 cm³/mol. The molecule has 1 aromatic rings. The number of ether oxygens (including phenoxy) is 2. The molecule has 0 saturated carbocycles. The van der Waals surface area contributed by atoms with Crippen molar-refractivity contribution in [1.82, 2.24) is 4.90 Å². The highest BCUT2D eigenvalue weighted by Gasteiger charge is 2.09. The molecule has 1 aromatic carbocycles. The van der Waals surface area contributed by atoms with Gasteiger partial charge in [-0.05, 0) is 24.3 Å². The molecule has 0 aliphatic heterocycles. The molecule has 1 N–H and O–H groups in total.